The van der Waals surface area contributed by atoms with E-state index in [0.717, 1.165) is 12.0 Å². The minimum absolute atomic E-state index is 0.0568. The molecular weight excluding hydrogens is 350 g/mol. The molecule has 2 heterocycles. The Morgan fingerprint density at radius 2 is 2.00 bits per heavy atom. The van der Waals surface area contributed by atoms with Crippen molar-refractivity contribution in [3.63, 3.8) is 0 Å². The number of carbonyl (C=O) groups excluding carboxylic acids is 1. The van der Waals surface area contributed by atoms with Crippen LogP contribution in [-0.4, -0.2) is 34.0 Å². The van der Waals surface area contributed by atoms with E-state index in [2.05, 4.69) is 22.3 Å². The summed E-state index contributed by atoms with van der Waals surface area (Å²) < 4.78 is 5.42. The van der Waals surface area contributed by atoms with E-state index in [-0.39, 0.29) is 11.8 Å². The lowest BCUT2D eigenvalue weighted by atomic mass is 10.1. The topological polar surface area (TPSA) is 59.2 Å². The van der Waals surface area contributed by atoms with Gasteiger partial charge in [0.2, 0.25) is 17.6 Å². The lowest BCUT2D eigenvalue weighted by molar-refractivity contribution is -0.127. The van der Waals surface area contributed by atoms with Gasteiger partial charge in [-0.1, -0.05) is 59.2 Å². The van der Waals surface area contributed by atoms with E-state index >= 15 is 0 Å². The molecule has 3 aromatic rings. The van der Waals surface area contributed by atoms with Gasteiger partial charge in [-0.05, 0) is 24.1 Å². The lowest BCUT2D eigenvalue weighted by Crippen LogP contribution is -2.27. The molecule has 132 valence electrons. The van der Waals surface area contributed by atoms with E-state index in [1.54, 1.807) is 12.1 Å². The van der Waals surface area contributed by atoms with Gasteiger partial charge in [0.15, 0.2) is 0 Å². The SMILES string of the molecule is O=C1CC(c2nc(-c3cccc(Cl)c3)no2)CN1CCc1ccccc1. The summed E-state index contributed by atoms with van der Waals surface area (Å²) in [6.07, 6.45) is 1.25. The summed E-state index contributed by atoms with van der Waals surface area (Å²) in [7, 11) is 0. The number of likely N-dealkylation sites (tertiary alicyclic amines) is 1. The van der Waals surface area contributed by atoms with Crippen LogP contribution in [0.1, 0.15) is 23.8 Å². The summed E-state index contributed by atoms with van der Waals surface area (Å²) in [6, 6.07) is 17.5. The van der Waals surface area contributed by atoms with Gasteiger partial charge in [0.1, 0.15) is 0 Å². The maximum Gasteiger partial charge on any atom is 0.232 e. The van der Waals surface area contributed by atoms with Crippen LogP contribution in [0, 0.1) is 0 Å². The van der Waals surface area contributed by atoms with Crippen molar-refractivity contribution < 1.29 is 9.32 Å². The lowest BCUT2D eigenvalue weighted by Gasteiger charge is -2.15. The van der Waals surface area contributed by atoms with Gasteiger partial charge in [-0.25, -0.2) is 0 Å². The van der Waals surface area contributed by atoms with Crippen LogP contribution in [-0.2, 0) is 11.2 Å². The molecule has 26 heavy (non-hydrogen) atoms. The second kappa shape index (κ2) is 7.30. The Kier molecular flexibility index (Phi) is 4.71. The maximum absolute atomic E-state index is 12.3. The molecular formula is C20H18ClN3O2. The van der Waals surface area contributed by atoms with Crippen LogP contribution < -0.4 is 0 Å². The van der Waals surface area contributed by atoms with Crippen molar-refractivity contribution in [3.05, 3.63) is 71.1 Å². The monoisotopic (exact) mass is 367 g/mol. The van der Waals surface area contributed by atoms with E-state index in [1.165, 1.54) is 5.56 Å². The zero-order chi connectivity index (χ0) is 17.9. The van der Waals surface area contributed by atoms with Gasteiger partial charge >= 0.3 is 0 Å². The zero-order valence-electron chi connectivity index (χ0n) is 14.1. The molecule has 1 saturated heterocycles. The number of nitrogens with zero attached hydrogens (tertiary/aromatic N) is 3. The smallest absolute Gasteiger partial charge is 0.232 e. The highest BCUT2D eigenvalue weighted by atomic mass is 35.5. The maximum atomic E-state index is 12.3. The summed E-state index contributed by atoms with van der Waals surface area (Å²) in [5, 5.41) is 4.66. The van der Waals surface area contributed by atoms with E-state index < -0.39 is 0 Å². The Morgan fingerprint density at radius 3 is 2.81 bits per heavy atom. The normalized spacial score (nSPS) is 17.0. The molecule has 5 nitrogen and oxygen atoms in total. The molecule has 0 N–H and O–H groups in total. The average Bonchev–Trinajstić information content (AvgIpc) is 3.28. The molecule has 1 atom stereocenters. The number of hydrogen-bond acceptors (Lipinski definition) is 4. The third-order valence-electron chi connectivity index (χ3n) is 4.60. The van der Waals surface area contributed by atoms with Gasteiger partial charge in [0.05, 0.1) is 5.92 Å². The van der Waals surface area contributed by atoms with Gasteiger partial charge in [-0.3, -0.25) is 4.79 Å². The molecule has 0 saturated carbocycles. The predicted octanol–water partition coefficient (Wildman–Crippen LogP) is 3.95. The minimum atomic E-state index is -0.0568. The number of carbonyl (C=O) groups is 1. The first kappa shape index (κ1) is 16.8. The molecule has 1 unspecified atom stereocenters. The first-order chi connectivity index (χ1) is 12.7. The van der Waals surface area contributed by atoms with E-state index in [9.17, 15) is 4.79 Å². The van der Waals surface area contributed by atoms with Crippen molar-refractivity contribution in [3.8, 4) is 11.4 Å². The molecule has 4 rings (SSSR count). The number of rotatable bonds is 5. The highest BCUT2D eigenvalue weighted by Crippen LogP contribution is 2.29. The third-order valence-corrected chi connectivity index (χ3v) is 4.84. The number of amides is 1. The zero-order valence-corrected chi connectivity index (χ0v) is 14.9. The van der Waals surface area contributed by atoms with Crippen LogP contribution in [0.3, 0.4) is 0 Å². The summed E-state index contributed by atoms with van der Waals surface area (Å²) in [6.45, 7) is 1.32. The first-order valence-corrected chi connectivity index (χ1v) is 8.98. The van der Waals surface area contributed by atoms with Crippen molar-refractivity contribution >= 4 is 17.5 Å². The fourth-order valence-corrected chi connectivity index (χ4v) is 3.40. The number of halogens is 1. The molecule has 0 bridgehead atoms. The summed E-state index contributed by atoms with van der Waals surface area (Å²) in [4.78, 5) is 18.7. The Bertz CT molecular complexity index is 910. The van der Waals surface area contributed by atoms with Crippen LogP contribution >= 0.6 is 11.6 Å². The molecule has 0 radical (unpaired) electrons. The van der Waals surface area contributed by atoms with E-state index in [1.807, 2.05) is 35.2 Å². The van der Waals surface area contributed by atoms with Crippen molar-refractivity contribution in [2.75, 3.05) is 13.1 Å². The van der Waals surface area contributed by atoms with Gasteiger partial charge in [-0.2, -0.15) is 4.98 Å². The van der Waals surface area contributed by atoms with Crippen molar-refractivity contribution in [2.45, 2.75) is 18.8 Å². The summed E-state index contributed by atoms with van der Waals surface area (Å²) in [5.41, 5.74) is 2.03. The first-order valence-electron chi connectivity index (χ1n) is 8.60. The molecule has 1 aliphatic rings. The molecule has 0 aliphatic carbocycles. The Hall–Kier alpha value is -2.66. The number of hydrogen-bond donors (Lipinski definition) is 0. The standard InChI is InChI=1S/C20H18ClN3O2/c21-17-8-4-7-15(11-17)19-22-20(26-23-19)16-12-18(25)24(13-16)10-9-14-5-2-1-3-6-14/h1-8,11,16H,9-10,12-13H2. The van der Waals surface area contributed by atoms with Crippen LogP contribution in [0.4, 0.5) is 0 Å². The molecule has 1 amide bonds. The summed E-state index contributed by atoms with van der Waals surface area (Å²) >= 11 is 6.01. The fraction of sp³-hybridized carbons (Fsp3) is 0.250. The predicted molar refractivity (Wildman–Crippen MR) is 98.8 cm³/mol. The second-order valence-corrected chi connectivity index (χ2v) is 6.88. The number of aromatic nitrogens is 2. The quantitative estimate of drug-likeness (QED) is 0.685. The largest absolute Gasteiger partial charge is 0.342 e. The Morgan fingerprint density at radius 1 is 1.15 bits per heavy atom. The average molecular weight is 368 g/mol. The molecule has 0 spiro atoms. The molecule has 1 aliphatic heterocycles. The van der Waals surface area contributed by atoms with Crippen LogP contribution in [0.2, 0.25) is 5.02 Å². The Labute approximate surface area is 156 Å². The summed E-state index contributed by atoms with van der Waals surface area (Å²) in [5.74, 6) is 1.08. The van der Waals surface area contributed by atoms with Gasteiger partial charge < -0.3 is 9.42 Å². The fourth-order valence-electron chi connectivity index (χ4n) is 3.21. The van der Waals surface area contributed by atoms with Crippen LogP contribution in [0.25, 0.3) is 11.4 Å². The number of benzene rings is 2. The van der Waals surface area contributed by atoms with Gasteiger partial charge in [-0.15, -0.1) is 0 Å². The van der Waals surface area contributed by atoms with Gasteiger partial charge in [0, 0.05) is 30.1 Å². The molecule has 1 fully saturated rings. The second-order valence-electron chi connectivity index (χ2n) is 6.44. The van der Waals surface area contributed by atoms with E-state index in [4.69, 9.17) is 16.1 Å². The minimum Gasteiger partial charge on any atom is -0.342 e. The van der Waals surface area contributed by atoms with Crippen molar-refractivity contribution in [1.29, 1.82) is 0 Å². The third kappa shape index (κ3) is 3.63. The van der Waals surface area contributed by atoms with Crippen LogP contribution in [0.15, 0.2) is 59.1 Å². The van der Waals surface area contributed by atoms with E-state index in [0.29, 0.717) is 36.2 Å². The Balaban J connectivity index is 1.42. The highest BCUT2D eigenvalue weighted by Gasteiger charge is 2.34. The molecule has 1 aromatic heterocycles. The van der Waals surface area contributed by atoms with Gasteiger partial charge in [0.25, 0.3) is 0 Å². The molecule has 2 aromatic carbocycles. The highest BCUT2D eigenvalue weighted by molar-refractivity contribution is 6.30. The van der Waals surface area contributed by atoms with Crippen molar-refractivity contribution in [2.24, 2.45) is 0 Å². The van der Waals surface area contributed by atoms with Crippen molar-refractivity contribution in [1.82, 2.24) is 15.0 Å². The van der Waals surface area contributed by atoms with Crippen LogP contribution in [0.5, 0.6) is 0 Å². The molecule has 6 heteroatoms.